The van der Waals surface area contributed by atoms with Crippen LogP contribution in [0, 0.1) is 0 Å². The molecule has 240 valence electrons. The zero-order valence-corrected chi connectivity index (χ0v) is 28.0. The second-order valence-electron chi connectivity index (χ2n) is 13.2. The number of fused-ring (bicyclic) bond motifs is 10. The van der Waals surface area contributed by atoms with Crippen LogP contribution in [0.2, 0.25) is 0 Å². The lowest BCUT2D eigenvalue weighted by Crippen LogP contribution is -2.36. The molecule has 0 radical (unpaired) electrons. The highest BCUT2D eigenvalue weighted by Crippen LogP contribution is 2.64. The van der Waals surface area contributed by atoms with Crippen molar-refractivity contribution in [2.24, 2.45) is 0 Å². The zero-order valence-electron chi connectivity index (χ0n) is 28.0. The Bertz CT molecular complexity index is 2680. The molecule has 2 aliphatic rings. The van der Waals surface area contributed by atoms with Crippen molar-refractivity contribution in [3.8, 4) is 22.3 Å². The summed E-state index contributed by atoms with van der Waals surface area (Å²) in [5.74, 6) is 0. The van der Waals surface area contributed by atoms with Gasteiger partial charge in [-0.2, -0.15) is 0 Å². The zero-order chi connectivity index (χ0) is 33.9. The third-order valence-corrected chi connectivity index (χ3v) is 10.7. The van der Waals surface area contributed by atoms with Gasteiger partial charge in [0.1, 0.15) is 5.58 Å². The van der Waals surface area contributed by atoms with Crippen LogP contribution in [-0.2, 0) is 5.41 Å². The fourth-order valence-corrected chi connectivity index (χ4v) is 8.71. The Morgan fingerprint density at radius 1 is 0.490 bits per heavy atom. The van der Waals surface area contributed by atoms with E-state index < -0.39 is 5.41 Å². The molecule has 2 aliphatic carbocycles. The van der Waals surface area contributed by atoms with Gasteiger partial charge in [0.05, 0.1) is 22.5 Å². The van der Waals surface area contributed by atoms with Crippen LogP contribution in [0.4, 0.5) is 11.4 Å². The summed E-state index contributed by atoms with van der Waals surface area (Å²) in [5, 5.41) is 2.19. The van der Waals surface area contributed by atoms with E-state index in [1.165, 1.54) is 33.4 Å². The molecule has 10 rings (SSSR count). The predicted molar refractivity (Wildman–Crippen MR) is 212 cm³/mol. The molecule has 2 nitrogen and oxygen atoms in total. The summed E-state index contributed by atoms with van der Waals surface area (Å²) in [4.78, 5) is 2.51. The third kappa shape index (κ3) is 4.11. The van der Waals surface area contributed by atoms with Crippen molar-refractivity contribution in [1.82, 2.24) is 0 Å². The first-order valence-corrected chi connectivity index (χ1v) is 17.5. The minimum Gasteiger partial charge on any atom is -0.454 e. The maximum atomic E-state index is 6.88. The monoisotopic (exact) mass is 651 g/mol. The van der Waals surface area contributed by atoms with Gasteiger partial charge in [-0.3, -0.25) is 0 Å². The van der Waals surface area contributed by atoms with Crippen LogP contribution in [-0.4, -0.2) is 0 Å². The molecule has 51 heavy (non-hydrogen) atoms. The Morgan fingerprint density at radius 2 is 1.04 bits per heavy atom. The van der Waals surface area contributed by atoms with Crippen LogP contribution < -0.4 is 4.90 Å². The minimum absolute atomic E-state index is 0.636. The highest BCUT2D eigenvalue weighted by Gasteiger charge is 2.55. The van der Waals surface area contributed by atoms with Gasteiger partial charge in [-0.1, -0.05) is 176 Å². The van der Waals surface area contributed by atoms with Crippen LogP contribution in [0.3, 0.4) is 0 Å². The first-order chi connectivity index (χ1) is 25.3. The first-order valence-electron chi connectivity index (χ1n) is 17.5. The summed E-state index contributed by atoms with van der Waals surface area (Å²) in [5.41, 5.74) is 15.3. The summed E-state index contributed by atoms with van der Waals surface area (Å²) in [6.45, 7) is 4.11. The Balaban J connectivity index is 1.42. The Hall–Kier alpha value is -6.64. The minimum atomic E-state index is -0.636. The molecule has 2 heteroatoms. The van der Waals surface area contributed by atoms with Gasteiger partial charge < -0.3 is 9.32 Å². The Kier molecular flexibility index (Phi) is 6.59. The highest BCUT2D eigenvalue weighted by atomic mass is 16.3. The predicted octanol–water partition coefficient (Wildman–Crippen LogP) is 12.9. The second-order valence-corrected chi connectivity index (χ2v) is 13.2. The number of hydrogen-bond donors (Lipinski definition) is 0. The fourth-order valence-electron chi connectivity index (χ4n) is 8.71. The van der Waals surface area contributed by atoms with Crippen LogP contribution >= 0.6 is 0 Å². The lowest BCUT2D eigenvalue weighted by molar-refractivity contribution is 0.666. The van der Waals surface area contributed by atoms with E-state index in [1.807, 2.05) is 12.1 Å². The molecule has 0 atom stereocenters. The van der Waals surface area contributed by atoms with Gasteiger partial charge in [0, 0.05) is 21.9 Å². The van der Waals surface area contributed by atoms with Gasteiger partial charge >= 0.3 is 0 Å². The fraction of sp³-hybridized carbons (Fsp3) is 0.0204. The van der Waals surface area contributed by atoms with Gasteiger partial charge in [0.25, 0.3) is 0 Å². The van der Waals surface area contributed by atoms with Gasteiger partial charge in [-0.25, -0.2) is 0 Å². The maximum Gasteiger partial charge on any atom is 0.159 e. The number of rotatable bonds is 6. The number of benzene rings is 7. The lowest BCUT2D eigenvalue weighted by atomic mass is 9.71. The third-order valence-electron chi connectivity index (χ3n) is 10.7. The molecule has 8 aromatic rings. The normalized spacial score (nSPS) is 14.0. The van der Waals surface area contributed by atoms with Crippen LogP contribution in [0.25, 0.3) is 49.8 Å². The number of para-hydroxylation sites is 3. The molecule has 0 N–H and O–H groups in total. The molecule has 1 aromatic heterocycles. The highest BCUT2D eigenvalue weighted by molar-refractivity contribution is 6.11. The quantitative estimate of drug-likeness (QED) is 0.166. The van der Waals surface area contributed by atoms with Crippen LogP contribution in [0.1, 0.15) is 22.3 Å². The molecule has 0 saturated carbocycles. The van der Waals surface area contributed by atoms with Crippen molar-refractivity contribution < 1.29 is 4.42 Å². The number of hydrogen-bond acceptors (Lipinski definition) is 2. The van der Waals surface area contributed by atoms with E-state index in [9.17, 15) is 0 Å². The van der Waals surface area contributed by atoms with E-state index in [-0.39, 0.29) is 0 Å². The number of furan rings is 1. The van der Waals surface area contributed by atoms with Crippen molar-refractivity contribution in [2.45, 2.75) is 5.41 Å². The SMILES string of the molecule is C=C/C=C\C1=C(N(c2ccccc2-c2ccccc2)c2cccc3c2oc2ccccc23)C2(c3ccccc31)c1ccccc1-c1ccccc12. The molecule has 1 heterocycles. The van der Waals surface area contributed by atoms with E-state index in [1.54, 1.807) is 0 Å². The summed E-state index contributed by atoms with van der Waals surface area (Å²) in [6, 6.07) is 61.3. The number of allylic oxidation sites excluding steroid dienone is 5. The average Bonchev–Trinajstić information content (AvgIpc) is 3.82. The summed E-state index contributed by atoms with van der Waals surface area (Å²) < 4.78 is 6.88. The van der Waals surface area contributed by atoms with E-state index in [0.29, 0.717) is 0 Å². The average molecular weight is 652 g/mol. The Labute approximate surface area is 297 Å². The molecule has 0 unspecified atom stereocenters. The van der Waals surface area contributed by atoms with Crippen molar-refractivity contribution >= 4 is 38.9 Å². The number of anilines is 2. The molecular weight excluding hydrogens is 619 g/mol. The summed E-state index contributed by atoms with van der Waals surface area (Å²) in [6.07, 6.45) is 6.19. The molecule has 7 aromatic carbocycles. The topological polar surface area (TPSA) is 16.4 Å². The van der Waals surface area contributed by atoms with E-state index in [2.05, 4.69) is 187 Å². The second kappa shape index (κ2) is 11.5. The van der Waals surface area contributed by atoms with Crippen LogP contribution in [0.5, 0.6) is 0 Å². The molecule has 1 spiro atoms. The van der Waals surface area contributed by atoms with Crippen molar-refractivity contribution in [3.05, 3.63) is 223 Å². The van der Waals surface area contributed by atoms with Crippen molar-refractivity contribution in [2.75, 3.05) is 4.90 Å². The molecule has 0 fully saturated rings. The van der Waals surface area contributed by atoms with E-state index in [0.717, 1.165) is 55.7 Å². The van der Waals surface area contributed by atoms with Gasteiger partial charge in [-0.15, -0.1) is 0 Å². The summed E-state index contributed by atoms with van der Waals surface area (Å²) >= 11 is 0. The van der Waals surface area contributed by atoms with Gasteiger partial charge in [0.2, 0.25) is 0 Å². The molecule has 0 saturated heterocycles. The smallest absolute Gasteiger partial charge is 0.159 e. The molecule has 0 amide bonds. The van der Waals surface area contributed by atoms with Gasteiger partial charge in [0.15, 0.2) is 5.58 Å². The maximum absolute atomic E-state index is 6.88. The summed E-state index contributed by atoms with van der Waals surface area (Å²) in [7, 11) is 0. The van der Waals surface area contributed by atoms with Crippen molar-refractivity contribution in [1.29, 1.82) is 0 Å². The molecule has 0 bridgehead atoms. The Morgan fingerprint density at radius 3 is 1.76 bits per heavy atom. The number of nitrogens with zero attached hydrogens (tertiary/aromatic N) is 1. The van der Waals surface area contributed by atoms with Gasteiger partial charge in [-0.05, 0) is 57.1 Å². The molecular formula is C49H33NO. The standard InChI is InChI=1S/C49H33NO/c1-2-3-20-40-37-24-9-14-29-43(37)49(41-27-12-7-22-35(41)36-23-8-13-28-42(36)49)48(40)50(44-30-15-10-21-34(44)33-18-5-4-6-19-33)45-31-17-26-39-38-25-11-16-32-46(38)51-47(39)45/h2-32H,1H2/b20-3-. The largest absolute Gasteiger partial charge is 0.454 e. The van der Waals surface area contributed by atoms with Crippen molar-refractivity contribution in [3.63, 3.8) is 0 Å². The lowest BCUT2D eigenvalue weighted by Gasteiger charge is -2.40. The van der Waals surface area contributed by atoms with E-state index >= 15 is 0 Å². The molecule has 0 aliphatic heterocycles. The van der Waals surface area contributed by atoms with E-state index in [4.69, 9.17) is 4.42 Å². The first kappa shape index (κ1) is 29.3. The van der Waals surface area contributed by atoms with Crippen LogP contribution in [0.15, 0.2) is 205 Å².